The largest absolute Gasteiger partial charge is 0.452 e. The van der Waals surface area contributed by atoms with Crippen LogP contribution in [0.4, 0.5) is 5.00 Å². The molecule has 1 heterocycles. The normalized spacial score (nSPS) is 12.8. The van der Waals surface area contributed by atoms with Gasteiger partial charge in [0.2, 0.25) is 0 Å². The van der Waals surface area contributed by atoms with E-state index in [-0.39, 0.29) is 0 Å². The number of aryl methyl sites for hydroxylation is 1. The van der Waals surface area contributed by atoms with Gasteiger partial charge in [0, 0.05) is 4.88 Å². The number of esters is 1. The van der Waals surface area contributed by atoms with Gasteiger partial charge in [0.05, 0.1) is 11.1 Å². The molecule has 0 aliphatic heterocycles. The number of carbonyl (C=O) groups is 2. The van der Waals surface area contributed by atoms with Crippen LogP contribution in [0, 0.1) is 11.3 Å². The van der Waals surface area contributed by atoms with Gasteiger partial charge in [-0.2, -0.15) is 5.26 Å². The van der Waals surface area contributed by atoms with Crippen molar-refractivity contribution in [2.75, 3.05) is 11.9 Å². The number of nitriles is 1. The summed E-state index contributed by atoms with van der Waals surface area (Å²) in [6, 6.07) is 19.5. The highest BCUT2D eigenvalue weighted by molar-refractivity contribution is 7.16. The summed E-state index contributed by atoms with van der Waals surface area (Å²) in [7, 11) is 0. The number of ether oxygens (including phenoxy) is 1. The molecule has 6 heteroatoms. The first kappa shape index (κ1) is 20.2. The van der Waals surface area contributed by atoms with Gasteiger partial charge in [-0.15, -0.1) is 11.3 Å². The fourth-order valence-corrected chi connectivity index (χ4v) is 5.63. The molecule has 1 amide bonds. The van der Waals surface area contributed by atoms with Gasteiger partial charge in [-0.05, 0) is 58.9 Å². The lowest BCUT2D eigenvalue weighted by Gasteiger charge is -2.11. The van der Waals surface area contributed by atoms with Gasteiger partial charge >= 0.3 is 5.97 Å². The Morgan fingerprint density at radius 1 is 1.00 bits per heavy atom. The van der Waals surface area contributed by atoms with Crippen molar-refractivity contribution in [3.63, 3.8) is 0 Å². The van der Waals surface area contributed by atoms with Crippen molar-refractivity contribution in [2.45, 2.75) is 25.7 Å². The number of benzene rings is 3. The Morgan fingerprint density at radius 2 is 1.66 bits per heavy atom. The molecule has 0 unspecified atom stereocenters. The average molecular weight is 441 g/mol. The summed E-state index contributed by atoms with van der Waals surface area (Å²) in [5, 5.41) is 16.3. The number of amides is 1. The van der Waals surface area contributed by atoms with Crippen LogP contribution in [-0.4, -0.2) is 18.5 Å². The van der Waals surface area contributed by atoms with Crippen LogP contribution in [0.15, 0.2) is 54.6 Å². The third-order valence-corrected chi connectivity index (χ3v) is 7.05. The lowest BCUT2D eigenvalue weighted by Crippen LogP contribution is -2.21. The first-order chi connectivity index (χ1) is 15.7. The highest BCUT2D eigenvalue weighted by Gasteiger charge is 2.23. The van der Waals surface area contributed by atoms with Gasteiger partial charge in [-0.25, -0.2) is 4.79 Å². The van der Waals surface area contributed by atoms with Crippen LogP contribution in [0.1, 0.15) is 39.2 Å². The van der Waals surface area contributed by atoms with Crippen molar-refractivity contribution >= 4 is 49.8 Å². The van der Waals surface area contributed by atoms with Gasteiger partial charge in [-0.1, -0.05) is 48.5 Å². The number of nitrogens with zero attached hydrogens (tertiary/aromatic N) is 1. The van der Waals surface area contributed by atoms with E-state index in [0.29, 0.717) is 16.1 Å². The van der Waals surface area contributed by atoms with E-state index in [1.54, 1.807) is 0 Å². The van der Waals surface area contributed by atoms with Crippen LogP contribution in [0.5, 0.6) is 0 Å². The van der Waals surface area contributed by atoms with Crippen LogP contribution < -0.4 is 5.32 Å². The van der Waals surface area contributed by atoms with Gasteiger partial charge in [0.25, 0.3) is 5.91 Å². The second kappa shape index (κ2) is 8.45. The Bertz CT molecular complexity index is 1360. The molecule has 158 valence electrons. The Kier molecular flexibility index (Phi) is 5.34. The van der Waals surface area contributed by atoms with E-state index in [4.69, 9.17) is 4.74 Å². The minimum absolute atomic E-state index is 0.413. The van der Waals surface area contributed by atoms with Crippen molar-refractivity contribution in [1.82, 2.24) is 0 Å². The Balaban J connectivity index is 1.38. The monoisotopic (exact) mass is 440 g/mol. The minimum Gasteiger partial charge on any atom is -0.452 e. The van der Waals surface area contributed by atoms with Gasteiger partial charge < -0.3 is 10.1 Å². The molecule has 0 radical (unpaired) electrons. The standard InChI is InChI=1S/C26H20N2O3S/c27-14-21-20-11-5-6-12-22(20)32-25(21)28-23(29)15-31-26(30)24-18-9-3-1-7-16(18)13-17-8-2-4-10-19(17)24/h1-4,7-10,13H,5-6,11-12,15H2,(H,28,29). The van der Waals surface area contributed by atoms with E-state index in [1.165, 1.54) is 16.2 Å². The third kappa shape index (κ3) is 3.61. The van der Waals surface area contributed by atoms with Crippen LogP contribution in [0.25, 0.3) is 21.5 Å². The van der Waals surface area contributed by atoms with Crippen LogP contribution in [-0.2, 0) is 22.4 Å². The van der Waals surface area contributed by atoms with E-state index < -0.39 is 18.5 Å². The topological polar surface area (TPSA) is 79.2 Å². The van der Waals surface area contributed by atoms with E-state index in [9.17, 15) is 14.9 Å². The molecule has 0 atom stereocenters. The first-order valence-corrected chi connectivity index (χ1v) is 11.4. The molecule has 4 aromatic rings. The molecule has 1 aliphatic rings. The first-order valence-electron chi connectivity index (χ1n) is 10.6. The molecular weight excluding hydrogens is 420 g/mol. The second-order valence-corrected chi connectivity index (χ2v) is 8.95. The summed E-state index contributed by atoms with van der Waals surface area (Å²) >= 11 is 1.45. The minimum atomic E-state index is -0.542. The van der Waals surface area contributed by atoms with Crippen molar-refractivity contribution in [1.29, 1.82) is 5.26 Å². The van der Waals surface area contributed by atoms with Crippen molar-refractivity contribution in [3.8, 4) is 6.07 Å². The van der Waals surface area contributed by atoms with E-state index in [1.807, 2.05) is 54.6 Å². The molecule has 1 aliphatic carbocycles. The molecule has 0 saturated carbocycles. The second-order valence-electron chi connectivity index (χ2n) is 7.84. The van der Waals surface area contributed by atoms with Crippen LogP contribution in [0.3, 0.4) is 0 Å². The van der Waals surface area contributed by atoms with E-state index >= 15 is 0 Å². The zero-order valence-corrected chi connectivity index (χ0v) is 18.1. The van der Waals surface area contributed by atoms with Crippen LogP contribution >= 0.6 is 11.3 Å². The average Bonchev–Trinajstić information content (AvgIpc) is 3.17. The fourth-order valence-electron chi connectivity index (χ4n) is 4.37. The molecule has 0 saturated heterocycles. The van der Waals surface area contributed by atoms with Crippen molar-refractivity contribution in [2.24, 2.45) is 0 Å². The molecule has 1 N–H and O–H groups in total. The predicted molar refractivity (Wildman–Crippen MR) is 126 cm³/mol. The zero-order chi connectivity index (χ0) is 22.1. The molecule has 5 rings (SSSR count). The molecule has 1 aromatic heterocycles. The Labute approximate surface area is 189 Å². The van der Waals surface area contributed by atoms with Crippen molar-refractivity contribution in [3.05, 3.63) is 76.2 Å². The third-order valence-electron chi connectivity index (χ3n) is 5.85. The summed E-state index contributed by atoms with van der Waals surface area (Å²) in [4.78, 5) is 26.8. The molecule has 0 spiro atoms. The van der Waals surface area contributed by atoms with Crippen molar-refractivity contribution < 1.29 is 14.3 Å². The molecular formula is C26H20N2O3S. The van der Waals surface area contributed by atoms with Gasteiger partial charge in [0.1, 0.15) is 11.1 Å². The number of hydrogen-bond donors (Lipinski definition) is 1. The van der Waals surface area contributed by atoms with Gasteiger partial charge in [0.15, 0.2) is 6.61 Å². The summed E-state index contributed by atoms with van der Waals surface area (Å²) in [6.45, 7) is -0.413. The maximum absolute atomic E-state index is 13.1. The van der Waals surface area contributed by atoms with Crippen LogP contribution in [0.2, 0.25) is 0 Å². The zero-order valence-electron chi connectivity index (χ0n) is 17.3. The quantitative estimate of drug-likeness (QED) is 0.331. The molecule has 0 fully saturated rings. The van der Waals surface area contributed by atoms with E-state index in [0.717, 1.165) is 52.8 Å². The lowest BCUT2D eigenvalue weighted by molar-refractivity contribution is -0.119. The molecule has 32 heavy (non-hydrogen) atoms. The summed E-state index contributed by atoms with van der Waals surface area (Å²) in [6.07, 6.45) is 3.96. The predicted octanol–water partition coefficient (Wildman–Crippen LogP) is 5.60. The summed E-state index contributed by atoms with van der Waals surface area (Å²) in [5.74, 6) is -0.989. The number of hydrogen-bond acceptors (Lipinski definition) is 5. The maximum atomic E-state index is 13.1. The summed E-state index contributed by atoms with van der Waals surface area (Å²) in [5.41, 5.74) is 2.05. The number of thiophene rings is 1. The number of nitrogens with one attached hydrogen (secondary N) is 1. The highest BCUT2D eigenvalue weighted by Crippen LogP contribution is 2.37. The fraction of sp³-hybridized carbons (Fsp3) is 0.192. The number of rotatable bonds is 4. The van der Waals surface area contributed by atoms with E-state index in [2.05, 4.69) is 11.4 Å². The van der Waals surface area contributed by atoms with Gasteiger partial charge in [-0.3, -0.25) is 4.79 Å². The number of carbonyl (C=O) groups excluding carboxylic acids is 2. The smallest absolute Gasteiger partial charge is 0.339 e. The molecule has 0 bridgehead atoms. The lowest BCUT2D eigenvalue weighted by atomic mass is 9.96. The maximum Gasteiger partial charge on any atom is 0.339 e. The number of fused-ring (bicyclic) bond motifs is 3. The molecule has 5 nitrogen and oxygen atoms in total. The molecule has 3 aromatic carbocycles. The Morgan fingerprint density at radius 3 is 2.34 bits per heavy atom. The SMILES string of the molecule is N#Cc1c(NC(=O)COC(=O)c2c3ccccc3cc3ccccc23)sc2c1CCCC2. The highest BCUT2D eigenvalue weighted by atomic mass is 32.1. The Hall–Kier alpha value is -3.69. The summed E-state index contributed by atoms with van der Waals surface area (Å²) < 4.78 is 5.42. The number of anilines is 1.